The Labute approximate surface area is 233 Å². The van der Waals surface area contributed by atoms with Crippen molar-refractivity contribution in [2.75, 3.05) is 6.61 Å². The van der Waals surface area contributed by atoms with Gasteiger partial charge in [0.05, 0.1) is 10.0 Å². The molecule has 0 aromatic heterocycles. The van der Waals surface area contributed by atoms with Crippen molar-refractivity contribution in [1.29, 1.82) is 0 Å². The smallest absolute Gasteiger partial charge is 0.261 e. The largest absolute Gasteiger partial charge is 0.484 e. The van der Waals surface area contributed by atoms with Gasteiger partial charge >= 0.3 is 0 Å². The molecule has 0 fully saturated rings. The van der Waals surface area contributed by atoms with E-state index in [2.05, 4.69) is 5.32 Å². The number of carbonyl (C=O) groups is 2. The fourth-order valence-electron chi connectivity index (χ4n) is 3.78. The number of carbonyl (C=O) groups excluding carboxylic acids is 2. The molecule has 3 rings (SSSR count). The molecular formula is C29H31Cl3N2O3. The minimum absolute atomic E-state index is 0.147. The van der Waals surface area contributed by atoms with Gasteiger partial charge in [-0.3, -0.25) is 9.59 Å². The maximum atomic E-state index is 13.7. The van der Waals surface area contributed by atoms with E-state index in [4.69, 9.17) is 39.5 Å². The molecule has 0 aliphatic carbocycles. The van der Waals surface area contributed by atoms with Gasteiger partial charge in [0.2, 0.25) is 5.91 Å². The van der Waals surface area contributed by atoms with Crippen molar-refractivity contribution in [3.63, 3.8) is 0 Å². The second kappa shape index (κ2) is 12.7. The number of nitrogens with zero attached hydrogens (tertiary/aromatic N) is 1. The van der Waals surface area contributed by atoms with E-state index in [0.717, 1.165) is 16.7 Å². The van der Waals surface area contributed by atoms with Crippen molar-refractivity contribution >= 4 is 46.6 Å². The summed E-state index contributed by atoms with van der Waals surface area (Å²) >= 11 is 18.5. The molecule has 1 unspecified atom stereocenters. The fourth-order valence-corrected chi connectivity index (χ4v) is 4.21. The van der Waals surface area contributed by atoms with Gasteiger partial charge < -0.3 is 15.0 Å². The molecule has 37 heavy (non-hydrogen) atoms. The topological polar surface area (TPSA) is 58.6 Å². The maximum Gasteiger partial charge on any atom is 0.261 e. The lowest BCUT2D eigenvalue weighted by Crippen LogP contribution is -2.55. The third kappa shape index (κ3) is 8.67. The second-order valence-electron chi connectivity index (χ2n) is 9.91. The summed E-state index contributed by atoms with van der Waals surface area (Å²) in [6.45, 7) is 7.47. The fraction of sp³-hybridized carbons (Fsp3) is 0.310. The average Bonchev–Trinajstić information content (AvgIpc) is 2.83. The van der Waals surface area contributed by atoms with Gasteiger partial charge in [-0.2, -0.15) is 0 Å². The van der Waals surface area contributed by atoms with Crippen molar-refractivity contribution in [2.45, 2.75) is 52.2 Å². The van der Waals surface area contributed by atoms with Crippen LogP contribution in [0.3, 0.4) is 0 Å². The van der Waals surface area contributed by atoms with Crippen LogP contribution in [0.2, 0.25) is 15.1 Å². The number of halogens is 3. The molecule has 0 spiro atoms. The van der Waals surface area contributed by atoms with Crippen LogP contribution in [0, 0.1) is 6.92 Å². The van der Waals surface area contributed by atoms with E-state index in [-0.39, 0.29) is 25.0 Å². The van der Waals surface area contributed by atoms with E-state index in [9.17, 15) is 9.59 Å². The highest BCUT2D eigenvalue weighted by Crippen LogP contribution is 2.25. The Hall–Kier alpha value is -2.73. The third-order valence-corrected chi connectivity index (χ3v) is 6.76. The number of nitrogens with one attached hydrogen (secondary N) is 1. The average molecular weight is 562 g/mol. The van der Waals surface area contributed by atoms with Crippen molar-refractivity contribution < 1.29 is 14.3 Å². The zero-order valence-electron chi connectivity index (χ0n) is 21.4. The first-order valence-corrected chi connectivity index (χ1v) is 13.0. The predicted octanol–water partition coefficient (Wildman–Crippen LogP) is 6.89. The first-order valence-electron chi connectivity index (χ1n) is 11.9. The quantitative estimate of drug-likeness (QED) is 0.309. The molecule has 5 nitrogen and oxygen atoms in total. The molecule has 0 radical (unpaired) electrons. The number of benzene rings is 3. The van der Waals surface area contributed by atoms with Crippen LogP contribution in [0.15, 0.2) is 66.7 Å². The molecule has 8 heteroatoms. The molecule has 1 N–H and O–H groups in total. The van der Waals surface area contributed by atoms with E-state index in [1.54, 1.807) is 36.4 Å². The van der Waals surface area contributed by atoms with E-state index in [1.807, 2.05) is 58.0 Å². The van der Waals surface area contributed by atoms with Gasteiger partial charge in [0.25, 0.3) is 5.91 Å². The van der Waals surface area contributed by atoms with Crippen LogP contribution in [0.25, 0.3) is 0 Å². The molecule has 0 saturated carbocycles. The van der Waals surface area contributed by atoms with E-state index in [0.29, 0.717) is 27.2 Å². The van der Waals surface area contributed by atoms with Gasteiger partial charge in [0.1, 0.15) is 11.8 Å². The highest BCUT2D eigenvalue weighted by atomic mass is 35.5. The van der Waals surface area contributed by atoms with Crippen LogP contribution in [-0.2, 0) is 22.6 Å². The SMILES string of the molecule is Cc1cc(OCC(=O)N(Cc2ccc(Cl)c(Cl)c2)C(Cc2ccccc2)C(=O)NC(C)(C)C)ccc1Cl. The van der Waals surface area contributed by atoms with Crippen molar-refractivity contribution in [3.8, 4) is 5.75 Å². The summed E-state index contributed by atoms with van der Waals surface area (Å²) in [5, 5.41) is 4.43. The van der Waals surface area contributed by atoms with Crippen LogP contribution >= 0.6 is 34.8 Å². The van der Waals surface area contributed by atoms with Crippen molar-refractivity contribution in [3.05, 3.63) is 98.5 Å². The molecule has 0 aliphatic rings. The molecule has 0 aliphatic heterocycles. The Balaban J connectivity index is 1.95. The summed E-state index contributed by atoms with van der Waals surface area (Å²) in [6, 6.07) is 19.2. The first-order chi connectivity index (χ1) is 17.4. The number of amides is 2. The maximum absolute atomic E-state index is 13.7. The van der Waals surface area contributed by atoms with Crippen LogP contribution in [0.1, 0.15) is 37.5 Å². The Bertz CT molecular complexity index is 1240. The Kier molecular flexibility index (Phi) is 9.88. The molecule has 0 bridgehead atoms. The normalized spacial score (nSPS) is 12.1. The lowest BCUT2D eigenvalue weighted by molar-refractivity contribution is -0.143. The highest BCUT2D eigenvalue weighted by molar-refractivity contribution is 6.42. The summed E-state index contributed by atoms with van der Waals surface area (Å²) in [7, 11) is 0. The monoisotopic (exact) mass is 560 g/mol. The van der Waals surface area contributed by atoms with Gasteiger partial charge in [-0.15, -0.1) is 0 Å². The van der Waals surface area contributed by atoms with Crippen LogP contribution in [0.4, 0.5) is 0 Å². The third-order valence-electron chi connectivity index (χ3n) is 5.60. The van der Waals surface area contributed by atoms with E-state index >= 15 is 0 Å². The van der Waals surface area contributed by atoms with E-state index < -0.39 is 11.6 Å². The van der Waals surface area contributed by atoms with Gasteiger partial charge in [-0.1, -0.05) is 71.2 Å². The molecule has 3 aromatic rings. The molecule has 2 amide bonds. The summed E-state index contributed by atoms with van der Waals surface area (Å²) < 4.78 is 5.82. The summed E-state index contributed by atoms with van der Waals surface area (Å²) in [5.41, 5.74) is 2.03. The number of aryl methyl sites for hydroxylation is 1. The van der Waals surface area contributed by atoms with Crippen molar-refractivity contribution in [2.24, 2.45) is 0 Å². The van der Waals surface area contributed by atoms with Crippen LogP contribution in [0.5, 0.6) is 5.75 Å². The molecule has 196 valence electrons. The van der Waals surface area contributed by atoms with E-state index in [1.165, 1.54) is 4.90 Å². The molecule has 1 atom stereocenters. The predicted molar refractivity (Wildman–Crippen MR) is 151 cm³/mol. The zero-order valence-corrected chi connectivity index (χ0v) is 23.6. The van der Waals surface area contributed by atoms with Gasteiger partial charge in [-0.05, 0) is 74.7 Å². The molecule has 0 heterocycles. The highest BCUT2D eigenvalue weighted by Gasteiger charge is 2.32. The van der Waals surface area contributed by atoms with Gasteiger partial charge in [0, 0.05) is 23.5 Å². The number of rotatable bonds is 9. The zero-order chi connectivity index (χ0) is 27.2. The second-order valence-corrected chi connectivity index (χ2v) is 11.1. The molecule has 0 saturated heterocycles. The van der Waals surface area contributed by atoms with Gasteiger partial charge in [0.15, 0.2) is 6.61 Å². The standard InChI is InChI=1S/C29H31Cl3N2O3/c1-19-14-22(11-13-23(19)30)37-18-27(35)34(17-21-10-12-24(31)25(32)15-21)26(28(36)33-29(2,3)4)16-20-8-6-5-7-9-20/h5-15,26H,16-18H2,1-4H3,(H,33,36). The Morgan fingerprint density at radius 2 is 1.57 bits per heavy atom. The Morgan fingerprint density at radius 1 is 0.892 bits per heavy atom. The minimum atomic E-state index is -0.792. The summed E-state index contributed by atoms with van der Waals surface area (Å²) in [4.78, 5) is 28.8. The summed E-state index contributed by atoms with van der Waals surface area (Å²) in [5.74, 6) is -0.0840. The van der Waals surface area contributed by atoms with Crippen LogP contribution in [-0.4, -0.2) is 34.9 Å². The molecular weight excluding hydrogens is 531 g/mol. The number of hydrogen-bond acceptors (Lipinski definition) is 3. The summed E-state index contributed by atoms with van der Waals surface area (Å²) in [6.07, 6.45) is 0.329. The minimum Gasteiger partial charge on any atom is -0.484 e. The molecule has 3 aromatic carbocycles. The Morgan fingerprint density at radius 3 is 2.19 bits per heavy atom. The van der Waals surface area contributed by atoms with Crippen molar-refractivity contribution in [1.82, 2.24) is 10.2 Å². The first kappa shape index (κ1) is 28.8. The number of hydrogen-bond donors (Lipinski definition) is 1. The lowest BCUT2D eigenvalue weighted by atomic mass is 10.0. The van der Waals surface area contributed by atoms with Gasteiger partial charge in [-0.25, -0.2) is 0 Å². The number of ether oxygens (including phenoxy) is 1. The lowest BCUT2D eigenvalue weighted by Gasteiger charge is -2.33. The van der Waals surface area contributed by atoms with Crippen LogP contribution < -0.4 is 10.1 Å².